The standard InChI is InChI=1S/C23H29BrO4/c1-4-16-5-7-17(8-6-16)9-18-10-19(11-22(24)15(18)2)23(27-3)13-20(26)12-21(14-25)28-23/h5-8,10-11,20-21,25-26H,4,9,12-14H2,1-3H3. The number of aliphatic hydroxyl groups excluding tert-OH is 2. The Balaban J connectivity index is 1.97. The van der Waals surface area contributed by atoms with Crippen LogP contribution in [0, 0.1) is 6.92 Å². The molecule has 2 N–H and O–H groups in total. The minimum Gasteiger partial charge on any atom is -0.394 e. The zero-order valence-corrected chi connectivity index (χ0v) is 18.3. The highest BCUT2D eigenvalue weighted by molar-refractivity contribution is 9.10. The Labute approximate surface area is 175 Å². The molecule has 3 rings (SSSR count). The van der Waals surface area contributed by atoms with Crippen LogP contribution in [0.4, 0.5) is 0 Å². The first-order valence-corrected chi connectivity index (χ1v) is 10.6. The molecule has 4 nitrogen and oxygen atoms in total. The predicted molar refractivity (Wildman–Crippen MR) is 113 cm³/mol. The highest BCUT2D eigenvalue weighted by atomic mass is 79.9. The van der Waals surface area contributed by atoms with E-state index < -0.39 is 18.0 Å². The molecule has 5 heteroatoms. The molecule has 1 saturated heterocycles. The van der Waals surface area contributed by atoms with Crippen molar-refractivity contribution in [3.05, 3.63) is 68.7 Å². The second kappa shape index (κ2) is 9.06. The molecule has 2 aromatic rings. The van der Waals surface area contributed by atoms with Crippen LogP contribution < -0.4 is 0 Å². The van der Waals surface area contributed by atoms with Crippen LogP contribution in [-0.2, 0) is 28.1 Å². The number of benzene rings is 2. The minimum atomic E-state index is -1.07. The second-order valence-corrected chi connectivity index (χ2v) is 8.42. The molecule has 28 heavy (non-hydrogen) atoms. The maximum absolute atomic E-state index is 10.3. The minimum absolute atomic E-state index is 0.147. The molecule has 1 aliphatic heterocycles. The number of aliphatic hydroxyl groups is 2. The van der Waals surface area contributed by atoms with Crippen LogP contribution in [0.5, 0.6) is 0 Å². The molecule has 1 heterocycles. The van der Waals surface area contributed by atoms with Crippen molar-refractivity contribution in [3.8, 4) is 0 Å². The average Bonchev–Trinajstić information content (AvgIpc) is 2.71. The summed E-state index contributed by atoms with van der Waals surface area (Å²) < 4.78 is 12.9. The normalized spacial score (nSPS) is 25.1. The van der Waals surface area contributed by atoms with Crippen LogP contribution in [0.1, 0.15) is 47.6 Å². The molecule has 3 unspecified atom stereocenters. The van der Waals surface area contributed by atoms with Gasteiger partial charge in [0.1, 0.15) is 0 Å². The first kappa shape index (κ1) is 21.5. The third-order valence-electron chi connectivity index (χ3n) is 5.65. The molecular formula is C23H29BrO4. The summed E-state index contributed by atoms with van der Waals surface area (Å²) in [6.45, 7) is 4.10. The summed E-state index contributed by atoms with van der Waals surface area (Å²) in [5, 5.41) is 19.9. The highest BCUT2D eigenvalue weighted by Gasteiger charge is 2.43. The Kier molecular flexibility index (Phi) is 6.94. The zero-order chi connectivity index (χ0) is 20.3. The van der Waals surface area contributed by atoms with Gasteiger partial charge in [-0.25, -0.2) is 0 Å². The molecule has 0 radical (unpaired) electrons. The van der Waals surface area contributed by atoms with Crippen molar-refractivity contribution in [2.24, 2.45) is 0 Å². The van der Waals surface area contributed by atoms with Gasteiger partial charge < -0.3 is 19.7 Å². The number of methoxy groups -OCH3 is 1. The number of aryl methyl sites for hydroxylation is 1. The van der Waals surface area contributed by atoms with Gasteiger partial charge in [-0.05, 0) is 54.2 Å². The summed E-state index contributed by atoms with van der Waals surface area (Å²) >= 11 is 3.68. The summed E-state index contributed by atoms with van der Waals surface area (Å²) in [6.07, 6.45) is 1.53. The molecule has 0 amide bonds. The Morgan fingerprint density at radius 2 is 1.89 bits per heavy atom. The molecule has 2 aromatic carbocycles. The van der Waals surface area contributed by atoms with Crippen molar-refractivity contribution in [1.82, 2.24) is 0 Å². The lowest BCUT2D eigenvalue weighted by molar-refractivity contribution is -0.299. The third-order valence-corrected chi connectivity index (χ3v) is 6.47. The van der Waals surface area contributed by atoms with E-state index in [1.807, 2.05) is 6.07 Å². The second-order valence-electron chi connectivity index (χ2n) is 7.56. The molecule has 1 aliphatic rings. The molecular weight excluding hydrogens is 420 g/mol. The first-order valence-electron chi connectivity index (χ1n) is 9.80. The summed E-state index contributed by atoms with van der Waals surface area (Å²) in [4.78, 5) is 0. The van der Waals surface area contributed by atoms with Crippen LogP contribution in [0.15, 0.2) is 40.9 Å². The molecule has 0 spiro atoms. The lowest BCUT2D eigenvalue weighted by atomic mass is 9.89. The van der Waals surface area contributed by atoms with Crippen LogP contribution in [-0.4, -0.2) is 36.1 Å². The van der Waals surface area contributed by atoms with Gasteiger partial charge in [0.2, 0.25) is 0 Å². The molecule has 152 valence electrons. The van der Waals surface area contributed by atoms with Gasteiger partial charge in [0, 0.05) is 30.0 Å². The van der Waals surface area contributed by atoms with Gasteiger partial charge >= 0.3 is 0 Å². The smallest absolute Gasteiger partial charge is 0.197 e. The van der Waals surface area contributed by atoms with Crippen LogP contribution in [0.2, 0.25) is 0 Å². The number of hydrogen-bond acceptors (Lipinski definition) is 4. The van der Waals surface area contributed by atoms with Crippen molar-refractivity contribution in [1.29, 1.82) is 0 Å². The van der Waals surface area contributed by atoms with E-state index >= 15 is 0 Å². The lowest BCUT2D eigenvalue weighted by Crippen LogP contribution is -2.46. The third kappa shape index (κ3) is 4.50. The van der Waals surface area contributed by atoms with Gasteiger partial charge in [-0.3, -0.25) is 0 Å². The van der Waals surface area contributed by atoms with Crippen LogP contribution >= 0.6 is 15.9 Å². The topological polar surface area (TPSA) is 58.9 Å². The van der Waals surface area contributed by atoms with Crippen molar-refractivity contribution in [2.75, 3.05) is 13.7 Å². The van der Waals surface area contributed by atoms with E-state index in [0.29, 0.717) is 12.8 Å². The van der Waals surface area contributed by atoms with Crippen molar-refractivity contribution < 1.29 is 19.7 Å². The van der Waals surface area contributed by atoms with Crippen LogP contribution in [0.3, 0.4) is 0 Å². The van der Waals surface area contributed by atoms with E-state index in [4.69, 9.17) is 9.47 Å². The Bertz CT molecular complexity index is 805. The van der Waals surface area contributed by atoms with Gasteiger partial charge in [-0.2, -0.15) is 0 Å². The number of rotatable bonds is 6. The van der Waals surface area contributed by atoms with Gasteiger partial charge in [-0.1, -0.05) is 47.1 Å². The zero-order valence-electron chi connectivity index (χ0n) is 16.7. The molecule has 0 bridgehead atoms. The summed E-state index contributed by atoms with van der Waals surface area (Å²) in [6, 6.07) is 12.8. The molecule has 0 aromatic heterocycles. The molecule has 0 aliphatic carbocycles. The number of hydrogen-bond donors (Lipinski definition) is 2. The van der Waals surface area contributed by atoms with Gasteiger partial charge in [0.15, 0.2) is 5.79 Å². The van der Waals surface area contributed by atoms with Crippen LogP contribution in [0.25, 0.3) is 0 Å². The molecule has 1 fully saturated rings. The van der Waals surface area contributed by atoms with Gasteiger partial charge in [0.25, 0.3) is 0 Å². The Morgan fingerprint density at radius 3 is 2.50 bits per heavy atom. The monoisotopic (exact) mass is 448 g/mol. The largest absolute Gasteiger partial charge is 0.394 e. The van der Waals surface area contributed by atoms with Crippen molar-refractivity contribution in [3.63, 3.8) is 0 Å². The Morgan fingerprint density at radius 1 is 1.21 bits per heavy atom. The predicted octanol–water partition coefficient (Wildman–Crippen LogP) is 4.24. The van der Waals surface area contributed by atoms with E-state index in [0.717, 1.165) is 22.9 Å². The number of halogens is 1. The van der Waals surface area contributed by atoms with E-state index in [-0.39, 0.29) is 6.61 Å². The van der Waals surface area contributed by atoms with Gasteiger partial charge in [-0.15, -0.1) is 0 Å². The molecule has 0 saturated carbocycles. The van der Waals surface area contributed by atoms with Crippen molar-refractivity contribution >= 4 is 15.9 Å². The quantitative estimate of drug-likeness (QED) is 0.693. The van der Waals surface area contributed by atoms with E-state index in [1.54, 1.807) is 7.11 Å². The number of ether oxygens (including phenoxy) is 2. The first-order chi connectivity index (χ1) is 13.4. The van der Waals surface area contributed by atoms with Crippen molar-refractivity contribution in [2.45, 2.75) is 57.5 Å². The Hall–Kier alpha value is -1.24. The summed E-state index contributed by atoms with van der Waals surface area (Å²) in [7, 11) is 1.59. The average molecular weight is 449 g/mol. The fourth-order valence-corrected chi connectivity index (χ4v) is 4.36. The lowest BCUT2D eigenvalue weighted by Gasteiger charge is -2.42. The summed E-state index contributed by atoms with van der Waals surface area (Å²) in [5.74, 6) is -1.07. The summed E-state index contributed by atoms with van der Waals surface area (Å²) in [5.41, 5.74) is 5.77. The van der Waals surface area contributed by atoms with E-state index in [1.165, 1.54) is 22.3 Å². The fourth-order valence-electron chi connectivity index (χ4n) is 3.86. The fraction of sp³-hybridized carbons (Fsp3) is 0.478. The van der Waals surface area contributed by atoms with E-state index in [2.05, 4.69) is 60.1 Å². The maximum Gasteiger partial charge on any atom is 0.197 e. The SMILES string of the molecule is CCc1ccc(Cc2cc(C3(OC)CC(O)CC(CO)O3)cc(Br)c2C)cc1. The van der Waals surface area contributed by atoms with Gasteiger partial charge in [0.05, 0.1) is 18.8 Å². The molecule has 3 atom stereocenters. The highest BCUT2D eigenvalue weighted by Crippen LogP contribution is 2.41. The van der Waals surface area contributed by atoms with E-state index in [9.17, 15) is 10.2 Å². The maximum atomic E-state index is 10.3.